The summed E-state index contributed by atoms with van der Waals surface area (Å²) in [5.74, 6) is -0.157. The predicted octanol–water partition coefficient (Wildman–Crippen LogP) is 2.57. The fraction of sp³-hybridized carbons (Fsp3) is 0.571. The lowest BCUT2D eigenvalue weighted by molar-refractivity contribution is 0.329. The minimum atomic E-state index is -0.157. The van der Waals surface area contributed by atoms with Crippen molar-refractivity contribution >= 4 is 0 Å². The van der Waals surface area contributed by atoms with E-state index in [9.17, 15) is 4.39 Å². The van der Waals surface area contributed by atoms with Gasteiger partial charge in [0.2, 0.25) is 0 Å². The second-order valence-electron chi connectivity index (χ2n) is 4.78. The van der Waals surface area contributed by atoms with Crippen molar-refractivity contribution in [1.82, 2.24) is 10.2 Å². The summed E-state index contributed by atoms with van der Waals surface area (Å²) in [5, 5.41) is 3.44. The van der Waals surface area contributed by atoms with E-state index >= 15 is 0 Å². The Bertz CT molecular complexity index is 348. The lowest BCUT2D eigenvalue weighted by atomic mass is 10.1. The highest BCUT2D eigenvalue weighted by Crippen LogP contribution is 2.13. The number of rotatable bonds is 5. The van der Waals surface area contributed by atoms with Crippen LogP contribution in [0.4, 0.5) is 4.39 Å². The van der Waals surface area contributed by atoms with Crippen LogP contribution in [0, 0.1) is 5.82 Å². The van der Waals surface area contributed by atoms with E-state index in [1.54, 1.807) is 12.1 Å². The highest BCUT2D eigenvalue weighted by Gasteiger charge is 2.11. The third-order valence-electron chi connectivity index (χ3n) is 3.43. The van der Waals surface area contributed by atoms with Gasteiger partial charge in [-0.1, -0.05) is 12.1 Å². The van der Waals surface area contributed by atoms with Gasteiger partial charge >= 0.3 is 0 Å². The van der Waals surface area contributed by atoms with E-state index in [-0.39, 0.29) is 11.9 Å². The van der Waals surface area contributed by atoms with Gasteiger partial charge in [0, 0.05) is 19.1 Å². The van der Waals surface area contributed by atoms with E-state index in [1.165, 1.54) is 32.0 Å². The van der Waals surface area contributed by atoms with Crippen molar-refractivity contribution in [2.75, 3.05) is 26.2 Å². The first-order valence-electron chi connectivity index (χ1n) is 6.47. The summed E-state index contributed by atoms with van der Waals surface area (Å²) in [7, 11) is 0. The van der Waals surface area contributed by atoms with Crippen LogP contribution in [-0.2, 0) is 0 Å². The zero-order valence-electron chi connectivity index (χ0n) is 10.5. The Kier molecular flexibility index (Phi) is 4.51. The lowest BCUT2D eigenvalue weighted by Crippen LogP contribution is -2.31. The molecule has 1 aromatic carbocycles. The summed E-state index contributed by atoms with van der Waals surface area (Å²) >= 11 is 0. The molecule has 1 N–H and O–H groups in total. The van der Waals surface area contributed by atoms with Crippen molar-refractivity contribution in [3.63, 3.8) is 0 Å². The molecule has 1 aliphatic heterocycles. The molecule has 2 nitrogen and oxygen atoms in total. The van der Waals surface area contributed by atoms with Gasteiger partial charge in [-0.3, -0.25) is 0 Å². The largest absolute Gasteiger partial charge is 0.309 e. The molecule has 0 aliphatic carbocycles. The summed E-state index contributed by atoms with van der Waals surface area (Å²) in [6.45, 7) is 6.61. The minimum Gasteiger partial charge on any atom is -0.309 e. The Morgan fingerprint density at radius 1 is 1.35 bits per heavy atom. The molecule has 1 atom stereocenters. The average Bonchev–Trinajstić information content (AvgIpc) is 2.82. The second-order valence-corrected chi connectivity index (χ2v) is 4.78. The van der Waals surface area contributed by atoms with Crippen molar-refractivity contribution in [2.45, 2.75) is 25.8 Å². The van der Waals surface area contributed by atoms with Crippen LogP contribution in [0.5, 0.6) is 0 Å². The molecule has 0 bridgehead atoms. The van der Waals surface area contributed by atoms with E-state index in [0.29, 0.717) is 0 Å². The molecule has 0 unspecified atom stereocenters. The summed E-state index contributed by atoms with van der Waals surface area (Å²) in [6, 6.07) is 7.04. The Hall–Kier alpha value is -0.930. The third kappa shape index (κ3) is 3.79. The molecule has 1 fully saturated rings. The predicted molar refractivity (Wildman–Crippen MR) is 68.5 cm³/mol. The van der Waals surface area contributed by atoms with Crippen LogP contribution in [0.25, 0.3) is 0 Å². The van der Waals surface area contributed by atoms with E-state index in [4.69, 9.17) is 0 Å². The van der Waals surface area contributed by atoms with Crippen molar-refractivity contribution in [2.24, 2.45) is 0 Å². The van der Waals surface area contributed by atoms with E-state index < -0.39 is 0 Å². The number of nitrogens with one attached hydrogen (secondary N) is 1. The van der Waals surface area contributed by atoms with E-state index in [2.05, 4.69) is 17.1 Å². The van der Waals surface area contributed by atoms with Gasteiger partial charge in [0.25, 0.3) is 0 Å². The Balaban J connectivity index is 1.74. The zero-order valence-corrected chi connectivity index (χ0v) is 10.5. The fourth-order valence-corrected chi connectivity index (χ4v) is 2.34. The van der Waals surface area contributed by atoms with Gasteiger partial charge in [-0.05, 0) is 50.6 Å². The normalized spacial score (nSPS) is 18.5. The lowest BCUT2D eigenvalue weighted by Gasteiger charge is -2.18. The number of halogens is 1. The van der Waals surface area contributed by atoms with Gasteiger partial charge < -0.3 is 10.2 Å². The maximum Gasteiger partial charge on any atom is 0.123 e. The number of hydrogen-bond donors (Lipinski definition) is 1. The van der Waals surface area contributed by atoms with Gasteiger partial charge in [0.05, 0.1) is 0 Å². The Morgan fingerprint density at radius 2 is 2.12 bits per heavy atom. The number of likely N-dealkylation sites (tertiary alicyclic amines) is 1. The van der Waals surface area contributed by atoms with Crippen molar-refractivity contribution in [3.8, 4) is 0 Å². The van der Waals surface area contributed by atoms with Crippen LogP contribution in [0.2, 0.25) is 0 Å². The second kappa shape index (κ2) is 6.12. The fourth-order valence-electron chi connectivity index (χ4n) is 2.34. The summed E-state index contributed by atoms with van der Waals surface area (Å²) in [6.07, 6.45) is 2.67. The average molecular weight is 236 g/mol. The summed E-state index contributed by atoms with van der Waals surface area (Å²) < 4.78 is 13.1. The van der Waals surface area contributed by atoms with Crippen LogP contribution >= 0.6 is 0 Å². The minimum absolute atomic E-state index is 0.157. The number of nitrogens with zero attached hydrogens (tertiary/aromatic N) is 1. The van der Waals surface area contributed by atoms with E-state index in [1.807, 2.05) is 6.07 Å². The molecular formula is C14H21FN2. The topological polar surface area (TPSA) is 15.3 Å². The number of benzene rings is 1. The maximum atomic E-state index is 13.1. The number of hydrogen-bond acceptors (Lipinski definition) is 2. The first-order chi connectivity index (χ1) is 8.25. The smallest absolute Gasteiger partial charge is 0.123 e. The zero-order chi connectivity index (χ0) is 12.1. The highest BCUT2D eigenvalue weighted by molar-refractivity contribution is 5.19. The molecule has 1 saturated heterocycles. The maximum absolute atomic E-state index is 13.1. The molecule has 1 aliphatic rings. The van der Waals surface area contributed by atoms with Crippen LogP contribution in [0.1, 0.15) is 31.4 Å². The Labute approximate surface area is 103 Å². The van der Waals surface area contributed by atoms with Crippen LogP contribution in [0.3, 0.4) is 0 Å². The van der Waals surface area contributed by atoms with Gasteiger partial charge in [0.1, 0.15) is 5.82 Å². The summed E-state index contributed by atoms with van der Waals surface area (Å²) in [4.78, 5) is 2.48. The quantitative estimate of drug-likeness (QED) is 0.845. The molecule has 0 spiro atoms. The summed E-state index contributed by atoms with van der Waals surface area (Å²) in [5.41, 5.74) is 1.02. The highest BCUT2D eigenvalue weighted by atomic mass is 19.1. The first-order valence-corrected chi connectivity index (χ1v) is 6.47. The van der Waals surface area contributed by atoms with Gasteiger partial charge in [-0.25, -0.2) is 4.39 Å². The Morgan fingerprint density at radius 3 is 2.82 bits per heavy atom. The van der Waals surface area contributed by atoms with Crippen LogP contribution < -0.4 is 5.32 Å². The molecule has 0 amide bonds. The molecule has 1 aromatic rings. The van der Waals surface area contributed by atoms with Gasteiger partial charge in [0.15, 0.2) is 0 Å². The molecule has 17 heavy (non-hydrogen) atoms. The SMILES string of the molecule is C[C@H](NCCN1CCCC1)c1cccc(F)c1. The van der Waals surface area contributed by atoms with E-state index in [0.717, 1.165) is 18.7 Å². The van der Waals surface area contributed by atoms with Gasteiger partial charge in [-0.2, -0.15) is 0 Å². The third-order valence-corrected chi connectivity index (χ3v) is 3.43. The van der Waals surface area contributed by atoms with Crippen molar-refractivity contribution < 1.29 is 4.39 Å². The standard InChI is InChI=1S/C14H21FN2/c1-12(13-5-4-6-14(15)11-13)16-7-10-17-8-2-3-9-17/h4-6,11-12,16H,2-3,7-10H2,1H3/t12-/m0/s1. The monoisotopic (exact) mass is 236 g/mol. The van der Waals surface area contributed by atoms with Crippen molar-refractivity contribution in [3.05, 3.63) is 35.6 Å². The first kappa shape index (κ1) is 12.5. The van der Waals surface area contributed by atoms with Crippen molar-refractivity contribution in [1.29, 1.82) is 0 Å². The molecule has 94 valence electrons. The molecule has 1 heterocycles. The van der Waals surface area contributed by atoms with Crippen LogP contribution in [-0.4, -0.2) is 31.1 Å². The molecule has 0 radical (unpaired) electrons. The van der Waals surface area contributed by atoms with Gasteiger partial charge in [-0.15, -0.1) is 0 Å². The molecular weight excluding hydrogens is 215 g/mol. The molecule has 3 heteroatoms. The molecule has 0 aromatic heterocycles. The molecule has 2 rings (SSSR count). The molecule has 0 saturated carbocycles. The van der Waals surface area contributed by atoms with Crippen LogP contribution in [0.15, 0.2) is 24.3 Å².